The molecule has 0 spiro atoms. The lowest BCUT2D eigenvalue weighted by atomic mass is 10.1. The van der Waals surface area contributed by atoms with E-state index in [1.165, 1.54) is 28.0 Å². The molecular weight excluding hydrogens is 347 g/mol. The highest BCUT2D eigenvalue weighted by Gasteiger charge is 2.30. The topological polar surface area (TPSA) is 63.9 Å². The third-order valence-electron chi connectivity index (χ3n) is 3.78. The summed E-state index contributed by atoms with van der Waals surface area (Å²) < 4.78 is 39.3. The van der Waals surface area contributed by atoms with Crippen molar-refractivity contribution in [3.05, 3.63) is 71.5 Å². The number of aromatic nitrogens is 4. The van der Waals surface area contributed by atoms with Gasteiger partial charge in [-0.25, -0.2) is 0 Å². The molecule has 1 aromatic heterocycles. The highest BCUT2D eigenvalue weighted by molar-refractivity contribution is 5.97. The Morgan fingerprint density at radius 1 is 1.12 bits per heavy atom. The first-order chi connectivity index (χ1) is 12.4. The number of alkyl halides is 3. The average Bonchev–Trinajstić information content (AvgIpc) is 3.15. The van der Waals surface area contributed by atoms with E-state index in [4.69, 9.17) is 0 Å². The molecule has 26 heavy (non-hydrogen) atoms. The van der Waals surface area contributed by atoms with Crippen molar-refractivity contribution in [3.8, 4) is 5.69 Å². The van der Waals surface area contributed by atoms with Crippen molar-refractivity contribution in [2.75, 3.05) is 7.05 Å². The second kappa shape index (κ2) is 6.95. The SMILES string of the molecule is CN(Cc1ccc(C(F)(F)F)cc1)C(=O)c1ccccc1-n1cnnn1. The maximum Gasteiger partial charge on any atom is 0.416 e. The van der Waals surface area contributed by atoms with Crippen molar-refractivity contribution in [3.63, 3.8) is 0 Å². The second-order valence-electron chi connectivity index (χ2n) is 5.63. The van der Waals surface area contributed by atoms with Crippen LogP contribution in [0.4, 0.5) is 13.2 Å². The van der Waals surface area contributed by atoms with Crippen molar-refractivity contribution in [2.45, 2.75) is 12.7 Å². The zero-order valence-corrected chi connectivity index (χ0v) is 13.7. The lowest BCUT2D eigenvalue weighted by Gasteiger charge is -2.19. The molecule has 0 bridgehead atoms. The first-order valence-corrected chi connectivity index (χ1v) is 7.60. The van der Waals surface area contributed by atoms with Gasteiger partial charge in [0.1, 0.15) is 6.33 Å². The zero-order valence-electron chi connectivity index (χ0n) is 13.7. The smallest absolute Gasteiger partial charge is 0.337 e. The van der Waals surface area contributed by atoms with Crippen molar-refractivity contribution in [1.82, 2.24) is 25.1 Å². The molecule has 3 rings (SSSR count). The van der Waals surface area contributed by atoms with Crippen molar-refractivity contribution >= 4 is 5.91 Å². The number of nitrogens with zero attached hydrogens (tertiary/aromatic N) is 5. The van der Waals surface area contributed by atoms with Gasteiger partial charge in [-0.15, -0.1) is 5.10 Å². The van der Waals surface area contributed by atoms with Crippen LogP contribution in [0.1, 0.15) is 21.5 Å². The van der Waals surface area contributed by atoms with Gasteiger partial charge in [0.25, 0.3) is 5.91 Å². The molecule has 0 radical (unpaired) electrons. The number of tetrazole rings is 1. The molecule has 6 nitrogen and oxygen atoms in total. The Morgan fingerprint density at radius 3 is 2.42 bits per heavy atom. The Bertz CT molecular complexity index is 892. The van der Waals surface area contributed by atoms with Crippen LogP contribution in [0.5, 0.6) is 0 Å². The van der Waals surface area contributed by atoms with Gasteiger partial charge in [0.2, 0.25) is 0 Å². The largest absolute Gasteiger partial charge is 0.416 e. The molecular formula is C17H14F3N5O. The van der Waals surface area contributed by atoms with Crippen LogP contribution in [-0.2, 0) is 12.7 Å². The van der Waals surface area contributed by atoms with Crippen molar-refractivity contribution in [1.29, 1.82) is 0 Å². The number of carbonyl (C=O) groups excluding carboxylic acids is 1. The van der Waals surface area contributed by atoms with Crippen LogP contribution in [0.15, 0.2) is 54.9 Å². The Balaban J connectivity index is 1.79. The molecule has 0 saturated carbocycles. The molecule has 0 aliphatic heterocycles. The number of amides is 1. The third-order valence-corrected chi connectivity index (χ3v) is 3.78. The molecule has 9 heteroatoms. The maximum absolute atomic E-state index is 12.8. The van der Waals surface area contributed by atoms with Gasteiger partial charge >= 0.3 is 6.18 Å². The first-order valence-electron chi connectivity index (χ1n) is 7.60. The summed E-state index contributed by atoms with van der Waals surface area (Å²) in [7, 11) is 1.58. The number of benzene rings is 2. The first kappa shape index (κ1) is 17.6. The highest BCUT2D eigenvalue weighted by Crippen LogP contribution is 2.29. The summed E-state index contributed by atoms with van der Waals surface area (Å²) >= 11 is 0. The lowest BCUT2D eigenvalue weighted by Crippen LogP contribution is -2.27. The maximum atomic E-state index is 12.8. The van der Waals surface area contributed by atoms with E-state index in [-0.39, 0.29) is 12.5 Å². The predicted octanol–water partition coefficient (Wildman–Crippen LogP) is 2.95. The van der Waals surface area contributed by atoms with E-state index in [0.717, 1.165) is 12.1 Å². The fourth-order valence-electron chi connectivity index (χ4n) is 2.48. The fourth-order valence-corrected chi connectivity index (χ4v) is 2.48. The molecule has 1 amide bonds. The number of hydrogen-bond acceptors (Lipinski definition) is 4. The van der Waals surface area contributed by atoms with Crippen molar-refractivity contribution < 1.29 is 18.0 Å². The highest BCUT2D eigenvalue weighted by atomic mass is 19.4. The molecule has 0 aliphatic rings. The minimum Gasteiger partial charge on any atom is -0.337 e. The minimum atomic E-state index is -4.38. The van der Waals surface area contributed by atoms with E-state index >= 15 is 0 Å². The van der Waals surface area contributed by atoms with Crippen LogP contribution in [0, 0.1) is 0 Å². The summed E-state index contributed by atoms with van der Waals surface area (Å²) in [6.45, 7) is 0.168. The molecule has 2 aromatic carbocycles. The van der Waals surface area contributed by atoms with E-state index < -0.39 is 11.7 Å². The van der Waals surface area contributed by atoms with Gasteiger partial charge in [0.05, 0.1) is 16.8 Å². The molecule has 134 valence electrons. The van der Waals surface area contributed by atoms with E-state index in [9.17, 15) is 18.0 Å². The Kier molecular flexibility index (Phi) is 4.70. The number of carbonyl (C=O) groups is 1. The van der Waals surface area contributed by atoms with Gasteiger partial charge in [0, 0.05) is 13.6 Å². The van der Waals surface area contributed by atoms with E-state index in [1.807, 2.05) is 0 Å². The van der Waals surface area contributed by atoms with Crippen LogP contribution in [0.25, 0.3) is 5.69 Å². The van der Waals surface area contributed by atoms with Crippen LogP contribution >= 0.6 is 0 Å². The van der Waals surface area contributed by atoms with E-state index in [1.54, 1.807) is 31.3 Å². The molecule has 0 N–H and O–H groups in total. The van der Waals surface area contributed by atoms with Gasteiger partial charge in [-0.3, -0.25) is 4.79 Å². The average molecular weight is 361 g/mol. The van der Waals surface area contributed by atoms with Crippen LogP contribution in [0.2, 0.25) is 0 Å². The fraction of sp³-hybridized carbons (Fsp3) is 0.176. The predicted molar refractivity (Wildman–Crippen MR) is 86.4 cm³/mol. The summed E-state index contributed by atoms with van der Waals surface area (Å²) in [5, 5.41) is 10.9. The number of para-hydroxylation sites is 1. The molecule has 3 aromatic rings. The molecule has 0 saturated heterocycles. The van der Waals surface area contributed by atoms with Crippen LogP contribution in [-0.4, -0.2) is 38.1 Å². The van der Waals surface area contributed by atoms with Gasteiger partial charge < -0.3 is 4.90 Å². The normalized spacial score (nSPS) is 11.4. The van der Waals surface area contributed by atoms with Gasteiger partial charge in [-0.2, -0.15) is 17.9 Å². The lowest BCUT2D eigenvalue weighted by molar-refractivity contribution is -0.137. The van der Waals surface area contributed by atoms with Crippen molar-refractivity contribution in [2.24, 2.45) is 0 Å². The summed E-state index contributed by atoms with van der Waals surface area (Å²) in [5.74, 6) is -0.295. The quantitative estimate of drug-likeness (QED) is 0.717. The van der Waals surface area contributed by atoms with E-state index in [0.29, 0.717) is 16.8 Å². The van der Waals surface area contributed by atoms with E-state index in [2.05, 4.69) is 15.5 Å². The van der Waals surface area contributed by atoms with Gasteiger partial charge in [-0.05, 0) is 40.3 Å². The summed E-state index contributed by atoms with van der Waals surface area (Å²) in [4.78, 5) is 14.2. The monoisotopic (exact) mass is 361 g/mol. The Hall–Kier alpha value is -3.23. The number of hydrogen-bond donors (Lipinski definition) is 0. The second-order valence-corrected chi connectivity index (χ2v) is 5.63. The van der Waals surface area contributed by atoms with Gasteiger partial charge in [-0.1, -0.05) is 24.3 Å². The van der Waals surface area contributed by atoms with Crippen LogP contribution < -0.4 is 0 Å². The molecule has 0 atom stereocenters. The Labute approximate surface area is 146 Å². The molecule has 0 fully saturated rings. The summed E-state index contributed by atoms with van der Waals surface area (Å²) in [6.07, 6.45) is -3.01. The Morgan fingerprint density at radius 2 is 1.81 bits per heavy atom. The summed E-state index contributed by atoms with van der Waals surface area (Å²) in [5.41, 5.74) is 0.768. The summed E-state index contributed by atoms with van der Waals surface area (Å²) in [6, 6.07) is 11.5. The molecule has 0 unspecified atom stereocenters. The number of halogens is 3. The van der Waals surface area contributed by atoms with Crippen LogP contribution in [0.3, 0.4) is 0 Å². The zero-order chi connectivity index (χ0) is 18.7. The minimum absolute atomic E-state index is 0.168. The molecule has 0 aliphatic carbocycles. The third kappa shape index (κ3) is 3.71. The number of rotatable bonds is 4. The standard InChI is InChI=1S/C17H14F3N5O/c1-24(10-12-6-8-13(9-7-12)17(18,19)20)16(26)14-4-2-3-5-15(14)25-11-21-22-23-25/h2-9,11H,10H2,1H3. The van der Waals surface area contributed by atoms with Gasteiger partial charge in [0.15, 0.2) is 0 Å². The molecule has 1 heterocycles.